The predicted octanol–water partition coefficient (Wildman–Crippen LogP) is 3.29. The molecule has 0 bridgehead atoms. The number of hydrogen-bond acceptors (Lipinski definition) is 5. The highest BCUT2D eigenvalue weighted by Crippen LogP contribution is 2.35. The SMILES string of the molecule is COc1ccc2cn(C[C@@]3(c4ccc(-n5ccc(C(F)(F)F)n5)cc4)NC(=O)NC3=O)c(O)c2c1. The number of nitrogens with one attached hydrogen (secondary N) is 2. The number of hydrogen-bond donors (Lipinski definition) is 3. The average Bonchev–Trinajstić information content (AvgIpc) is 3.51. The van der Waals surface area contributed by atoms with Crippen molar-refractivity contribution in [3.8, 4) is 17.3 Å². The van der Waals surface area contributed by atoms with Crippen LogP contribution in [0.15, 0.2) is 60.9 Å². The standard InChI is InChI=1S/C23H18F3N5O4/c1-35-16-7-2-13-11-30(19(32)17(13)10-16)12-22(20(33)27-21(34)28-22)14-3-5-15(6-4-14)31-9-8-18(29-31)23(24,25)26/h2-11,32H,12H2,1H3,(H2,27,28,33,34)/t22-/m0/s1. The Labute approximate surface area is 195 Å². The van der Waals surface area contributed by atoms with Crippen molar-refractivity contribution in [1.29, 1.82) is 0 Å². The van der Waals surface area contributed by atoms with Crippen LogP contribution in [0, 0.1) is 0 Å². The van der Waals surface area contributed by atoms with Crippen molar-refractivity contribution in [1.82, 2.24) is 25.0 Å². The molecule has 2 aromatic carbocycles. The van der Waals surface area contributed by atoms with Gasteiger partial charge in [0.05, 0.1) is 19.3 Å². The summed E-state index contributed by atoms with van der Waals surface area (Å²) in [5.74, 6) is -0.224. The van der Waals surface area contributed by atoms with Crippen molar-refractivity contribution >= 4 is 22.7 Å². The lowest BCUT2D eigenvalue weighted by Gasteiger charge is -2.27. The molecule has 0 radical (unpaired) electrons. The Kier molecular flexibility index (Phi) is 4.97. The Balaban J connectivity index is 1.53. The van der Waals surface area contributed by atoms with Crippen LogP contribution >= 0.6 is 0 Å². The number of aromatic hydroxyl groups is 1. The molecule has 1 aliphatic heterocycles. The van der Waals surface area contributed by atoms with E-state index in [0.29, 0.717) is 27.8 Å². The number of carbonyl (C=O) groups excluding carboxylic acids is 2. The molecule has 1 saturated heterocycles. The number of carbonyl (C=O) groups is 2. The zero-order chi connectivity index (χ0) is 25.0. The molecule has 4 aromatic rings. The molecule has 5 rings (SSSR count). The highest BCUT2D eigenvalue weighted by Gasteiger charge is 2.48. The zero-order valence-electron chi connectivity index (χ0n) is 18.1. The Morgan fingerprint density at radius 2 is 1.86 bits per heavy atom. The predicted molar refractivity (Wildman–Crippen MR) is 117 cm³/mol. The van der Waals surface area contributed by atoms with Crippen LogP contribution in [0.4, 0.5) is 18.0 Å². The van der Waals surface area contributed by atoms with Crippen LogP contribution in [0.5, 0.6) is 11.6 Å². The molecule has 0 spiro atoms. The molecule has 9 nitrogen and oxygen atoms in total. The second kappa shape index (κ2) is 7.79. The summed E-state index contributed by atoms with van der Waals surface area (Å²) < 4.78 is 46.3. The Morgan fingerprint density at radius 1 is 1.11 bits per heavy atom. The fraction of sp³-hybridized carbons (Fsp3) is 0.174. The molecule has 0 unspecified atom stereocenters. The van der Waals surface area contributed by atoms with Gasteiger partial charge in [-0.2, -0.15) is 18.3 Å². The lowest BCUT2D eigenvalue weighted by atomic mass is 9.89. The third-order valence-electron chi connectivity index (χ3n) is 5.92. The van der Waals surface area contributed by atoms with E-state index >= 15 is 0 Å². The molecule has 2 aromatic heterocycles. The first-order chi connectivity index (χ1) is 16.6. The zero-order valence-corrected chi connectivity index (χ0v) is 18.1. The third-order valence-corrected chi connectivity index (χ3v) is 5.92. The van der Waals surface area contributed by atoms with E-state index in [0.717, 1.165) is 10.7 Å². The Morgan fingerprint density at radius 3 is 2.46 bits per heavy atom. The molecular weight excluding hydrogens is 467 g/mol. The number of amides is 3. The van der Waals surface area contributed by atoms with Crippen LogP contribution in [0.2, 0.25) is 0 Å². The molecular formula is C23H18F3N5O4. The summed E-state index contributed by atoms with van der Waals surface area (Å²) in [6.45, 7) is -0.146. The van der Waals surface area contributed by atoms with E-state index in [4.69, 9.17) is 4.74 Å². The Bertz CT molecular complexity index is 1460. The van der Waals surface area contributed by atoms with Gasteiger partial charge in [0, 0.05) is 23.2 Å². The molecule has 180 valence electrons. The minimum Gasteiger partial charge on any atom is -0.497 e. The topological polar surface area (TPSA) is 110 Å². The maximum atomic E-state index is 13.0. The summed E-state index contributed by atoms with van der Waals surface area (Å²) in [6.07, 6.45) is -1.76. The first-order valence-corrected chi connectivity index (χ1v) is 10.3. The van der Waals surface area contributed by atoms with Gasteiger partial charge in [-0.05, 0) is 42.0 Å². The number of rotatable bonds is 5. The van der Waals surface area contributed by atoms with E-state index < -0.39 is 29.3 Å². The number of fused-ring (bicyclic) bond motifs is 1. The van der Waals surface area contributed by atoms with Crippen molar-refractivity contribution in [2.75, 3.05) is 7.11 Å². The molecule has 3 N–H and O–H groups in total. The van der Waals surface area contributed by atoms with Crippen LogP contribution in [0.1, 0.15) is 11.3 Å². The van der Waals surface area contributed by atoms with Crippen molar-refractivity contribution < 1.29 is 32.6 Å². The molecule has 12 heteroatoms. The second-order valence-corrected chi connectivity index (χ2v) is 8.04. The van der Waals surface area contributed by atoms with E-state index in [1.165, 1.54) is 42.1 Å². The van der Waals surface area contributed by atoms with Gasteiger partial charge in [0.2, 0.25) is 0 Å². The maximum Gasteiger partial charge on any atom is 0.435 e. The summed E-state index contributed by atoms with van der Waals surface area (Å²) >= 11 is 0. The summed E-state index contributed by atoms with van der Waals surface area (Å²) in [7, 11) is 1.50. The number of imide groups is 1. The first-order valence-electron chi connectivity index (χ1n) is 10.3. The normalized spacial score (nSPS) is 18.1. The molecule has 3 amide bonds. The van der Waals surface area contributed by atoms with Gasteiger partial charge < -0.3 is 19.7 Å². The molecule has 0 aliphatic carbocycles. The lowest BCUT2D eigenvalue weighted by molar-refractivity contribution is -0.141. The maximum absolute atomic E-state index is 13.0. The van der Waals surface area contributed by atoms with Crippen molar-refractivity contribution in [3.63, 3.8) is 0 Å². The van der Waals surface area contributed by atoms with Gasteiger partial charge in [-0.15, -0.1) is 0 Å². The fourth-order valence-corrected chi connectivity index (χ4v) is 4.14. The number of aromatic nitrogens is 3. The minimum absolute atomic E-state index is 0.125. The van der Waals surface area contributed by atoms with Crippen LogP contribution in [-0.4, -0.2) is 38.5 Å². The second-order valence-electron chi connectivity index (χ2n) is 8.04. The number of ether oxygens (including phenoxy) is 1. The van der Waals surface area contributed by atoms with Crippen LogP contribution in [0.3, 0.4) is 0 Å². The minimum atomic E-state index is -4.58. The summed E-state index contributed by atoms with van der Waals surface area (Å²) in [6, 6.07) is 11.3. The molecule has 3 heterocycles. The number of methoxy groups -OCH3 is 1. The van der Waals surface area contributed by atoms with Gasteiger partial charge in [-0.25, -0.2) is 9.48 Å². The summed E-state index contributed by atoms with van der Waals surface area (Å²) in [4.78, 5) is 25.1. The van der Waals surface area contributed by atoms with Gasteiger partial charge in [-0.1, -0.05) is 12.1 Å². The van der Waals surface area contributed by atoms with E-state index in [-0.39, 0.29) is 12.4 Å². The number of urea groups is 1. The van der Waals surface area contributed by atoms with Crippen LogP contribution < -0.4 is 15.4 Å². The monoisotopic (exact) mass is 485 g/mol. The van der Waals surface area contributed by atoms with Crippen molar-refractivity contribution in [2.45, 2.75) is 18.3 Å². The largest absolute Gasteiger partial charge is 0.497 e. The van der Waals surface area contributed by atoms with Gasteiger partial charge in [0.25, 0.3) is 5.91 Å². The first kappa shape index (κ1) is 22.3. The average molecular weight is 485 g/mol. The number of halogens is 3. The van der Waals surface area contributed by atoms with Gasteiger partial charge >= 0.3 is 12.2 Å². The summed E-state index contributed by atoms with van der Waals surface area (Å²) in [5, 5.41) is 20.4. The number of alkyl halides is 3. The molecule has 0 saturated carbocycles. The van der Waals surface area contributed by atoms with Crippen LogP contribution in [-0.2, 0) is 23.1 Å². The molecule has 1 atom stereocenters. The summed E-state index contributed by atoms with van der Waals surface area (Å²) in [5.41, 5.74) is -1.92. The number of nitrogens with zero attached hydrogens (tertiary/aromatic N) is 3. The highest BCUT2D eigenvalue weighted by atomic mass is 19.4. The van der Waals surface area contributed by atoms with Gasteiger partial charge in [0.1, 0.15) is 5.75 Å². The Hall–Kier alpha value is -4.48. The highest BCUT2D eigenvalue weighted by molar-refractivity contribution is 6.07. The number of benzene rings is 2. The third kappa shape index (κ3) is 3.72. The van der Waals surface area contributed by atoms with Crippen molar-refractivity contribution in [2.24, 2.45) is 0 Å². The molecule has 1 fully saturated rings. The van der Waals surface area contributed by atoms with Crippen LogP contribution in [0.25, 0.3) is 16.5 Å². The quantitative estimate of drug-likeness (QED) is 0.376. The molecule has 1 aliphatic rings. The van der Waals surface area contributed by atoms with Gasteiger partial charge in [0.15, 0.2) is 17.1 Å². The van der Waals surface area contributed by atoms with Crippen molar-refractivity contribution in [3.05, 3.63) is 72.2 Å². The van der Waals surface area contributed by atoms with E-state index in [2.05, 4.69) is 15.7 Å². The molecule has 35 heavy (non-hydrogen) atoms. The van der Waals surface area contributed by atoms with E-state index in [1.54, 1.807) is 24.4 Å². The smallest absolute Gasteiger partial charge is 0.435 e. The van der Waals surface area contributed by atoms with E-state index in [9.17, 15) is 27.9 Å². The van der Waals surface area contributed by atoms with Gasteiger partial charge in [-0.3, -0.25) is 10.1 Å². The fourth-order valence-electron chi connectivity index (χ4n) is 4.14. The lowest BCUT2D eigenvalue weighted by Crippen LogP contribution is -2.47. The van der Waals surface area contributed by atoms with E-state index in [1.807, 2.05) is 0 Å².